The molecule has 4 nitrogen and oxygen atoms in total. The van der Waals surface area contributed by atoms with Crippen molar-refractivity contribution in [2.24, 2.45) is 0 Å². The first kappa shape index (κ1) is 16.4. The number of rotatable bonds is 5. The summed E-state index contributed by atoms with van der Waals surface area (Å²) >= 11 is 0. The number of nitrogens with one attached hydrogen (secondary N) is 1. The van der Waals surface area contributed by atoms with Gasteiger partial charge in [-0.2, -0.15) is 0 Å². The highest BCUT2D eigenvalue weighted by atomic mass is 32.2. The molecule has 0 radical (unpaired) electrons. The van der Waals surface area contributed by atoms with Crippen molar-refractivity contribution in [3.63, 3.8) is 0 Å². The lowest BCUT2D eigenvalue weighted by Crippen LogP contribution is -2.27. The van der Waals surface area contributed by atoms with Crippen molar-refractivity contribution in [1.29, 1.82) is 0 Å². The Morgan fingerprint density at radius 2 is 1.73 bits per heavy atom. The van der Waals surface area contributed by atoms with Gasteiger partial charge in [-0.05, 0) is 47.9 Å². The van der Waals surface area contributed by atoms with E-state index in [1.54, 1.807) is 6.92 Å². The molecule has 7 heteroatoms. The average molecular weight is 326 g/mol. The van der Waals surface area contributed by atoms with Gasteiger partial charge in [0.15, 0.2) is 11.6 Å². The zero-order valence-corrected chi connectivity index (χ0v) is 12.7. The SMILES string of the molecule is CC(CNS(=O)(=O)c1ccc(N)cc1)c1ccc(F)c(F)c1. The van der Waals surface area contributed by atoms with Gasteiger partial charge in [0.05, 0.1) is 4.90 Å². The van der Waals surface area contributed by atoms with E-state index in [9.17, 15) is 17.2 Å². The predicted octanol–water partition coefficient (Wildman–Crippen LogP) is 2.63. The molecule has 118 valence electrons. The zero-order chi connectivity index (χ0) is 16.3. The molecule has 0 aliphatic rings. The van der Waals surface area contributed by atoms with Crippen LogP contribution >= 0.6 is 0 Å². The van der Waals surface area contributed by atoms with Crippen LogP contribution in [0.2, 0.25) is 0 Å². The third-order valence-corrected chi connectivity index (χ3v) is 4.72. The number of benzene rings is 2. The molecule has 0 fully saturated rings. The monoisotopic (exact) mass is 326 g/mol. The van der Waals surface area contributed by atoms with Gasteiger partial charge in [0.2, 0.25) is 10.0 Å². The number of anilines is 1. The van der Waals surface area contributed by atoms with Crippen molar-refractivity contribution in [3.8, 4) is 0 Å². The lowest BCUT2D eigenvalue weighted by Gasteiger charge is -2.14. The molecular weight excluding hydrogens is 310 g/mol. The lowest BCUT2D eigenvalue weighted by atomic mass is 10.0. The number of nitrogen functional groups attached to an aromatic ring is 1. The smallest absolute Gasteiger partial charge is 0.240 e. The van der Waals surface area contributed by atoms with Crippen molar-refractivity contribution < 1.29 is 17.2 Å². The summed E-state index contributed by atoms with van der Waals surface area (Å²) in [5.41, 5.74) is 6.49. The van der Waals surface area contributed by atoms with Crippen LogP contribution < -0.4 is 10.5 Å². The Hall–Kier alpha value is -1.99. The molecule has 0 aliphatic heterocycles. The molecule has 0 saturated heterocycles. The summed E-state index contributed by atoms with van der Waals surface area (Å²) in [5.74, 6) is -2.19. The maximum absolute atomic E-state index is 13.2. The summed E-state index contributed by atoms with van der Waals surface area (Å²) in [4.78, 5) is 0.0965. The van der Waals surface area contributed by atoms with Crippen LogP contribution in [0.4, 0.5) is 14.5 Å². The Morgan fingerprint density at radius 3 is 2.32 bits per heavy atom. The molecule has 2 rings (SSSR count). The Labute approximate surface area is 128 Å². The summed E-state index contributed by atoms with van der Waals surface area (Å²) in [6.45, 7) is 1.79. The second-order valence-electron chi connectivity index (χ2n) is 5.00. The molecule has 3 N–H and O–H groups in total. The Morgan fingerprint density at radius 1 is 1.09 bits per heavy atom. The van der Waals surface area contributed by atoms with E-state index in [0.717, 1.165) is 12.1 Å². The number of hydrogen-bond donors (Lipinski definition) is 2. The molecule has 0 aromatic heterocycles. The van der Waals surface area contributed by atoms with Crippen LogP contribution in [0.5, 0.6) is 0 Å². The van der Waals surface area contributed by atoms with Crippen LogP contribution in [0, 0.1) is 11.6 Å². The largest absolute Gasteiger partial charge is 0.399 e. The molecule has 1 atom stereocenters. The quantitative estimate of drug-likeness (QED) is 0.830. The topological polar surface area (TPSA) is 72.2 Å². The van der Waals surface area contributed by atoms with Gasteiger partial charge in [-0.25, -0.2) is 21.9 Å². The fraction of sp³-hybridized carbons (Fsp3) is 0.200. The number of sulfonamides is 1. The van der Waals surface area contributed by atoms with E-state index in [0.29, 0.717) is 11.3 Å². The second kappa shape index (κ2) is 6.41. The van der Waals surface area contributed by atoms with Crippen molar-refractivity contribution >= 4 is 15.7 Å². The minimum absolute atomic E-state index is 0.0672. The fourth-order valence-corrected chi connectivity index (χ4v) is 3.03. The second-order valence-corrected chi connectivity index (χ2v) is 6.76. The summed E-state index contributed by atoms with van der Waals surface area (Å²) in [5, 5.41) is 0. The molecule has 0 aliphatic carbocycles. The molecule has 2 aromatic rings. The molecule has 22 heavy (non-hydrogen) atoms. The number of hydrogen-bond acceptors (Lipinski definition) is 3. The van der Waals surface area contributed by atoms with Gasteiger partial charge < -0.3 is 5.73 Å². The lowest BCUT2D eigenvalue weighted by molar-refractivity contribution is 0.505. The van der Waals surface area contributed by atoms with Crippen LogP contribution in [0.3, 0.4) is 0 Å². The summed E-state index contributed by atoms with van der Waals surface area (Å²) in [6.07, 6.45) is 0. The van der Waals surface area contributed by atoms with E-state index in [1.807, 2.05) is 0 Å². The molecule has 0 heterocycles. The molecule has 0 spiro atoms. The van der Waals surface area contributed by atoms with Crippen LogP contribution in [0.15, 0.2) is 47.4 Å². The van der Waals surface area contributed by atoms with E-state index < -0.39 is 21.7 Å². The van der Waals surface area contributed by atoms with Gasteiger partial charge in [0.25, 0.3) is 0 Å². The number of nitrogens with two attached hydrogens (primary N) is 1. The molecule has 2 aromatic carbocycles. The van der Waals surface area contributed by atoms with E-state index in [4.69, 9.17) is 5.73 Å². The highest BCUT2D eigenvalue weighted by Gasteiger charge is 2.16. The maximum atomic E-state index is 13.2. The Bertz CT molecular complexity index is 762. The van der Waals surface area contributed by atoms with Crippen LogP contribution in [0.1, 0.15) is 18.4 Å². The van der Waals surface area contributed by atoms with Crippen molar-refractivity contribution in [3.05, 3.63) is 59.7 Å². The van der Waals surface area contributed by atoms with E-state index >= 15 is 0 Å². The molecule has 0 bridgehead atoms. The highest BCUT2D eigenvalue weighted by Crippen LogP contribution is 2.18. The van der Waals surface area contributed by atoms with Crippen LogP contribution in [-0.2, 0) is 10.0 Å². The molecule has 0 saturated carbocycles. The van der Waals surface area contributed by atoms with Gasteiger partial charge >= 0.3 is 0 Å². The highest BCUT2D eigenvalue weighted by molar-refractivity contribution is 7.89. The molecule has 1 unspecified atom stereocenters. The fourth-order valence-electron chi connectivity index (χ4n) is 1.90. The summed E-state index contributed by atoms with van der Waals surface area (Å²) in [6, 6.07) is 9.31. The number of halogens is 2. The van der Waals surface area contributed by atoms with Gasteiger partial charge in [-0.1, -0.05) is 13.0 Å². The first-order chi connectivity index (χ1) is 10.3. The van der Waals surface area contributed by atoms with E-state index in [1.165, 1.54) is 30.3 Å². The third-order valence-electron chi connectivity index (χ3n) is 3.28. The minimum atomic E-state index is -3.67. The Balaban J connectivity index is 2.07. The third kappa shape index (κ3) is 3.80. The summed E-state index contributed by atoms with van der Waals surface area (Å²) in [7, 11) is -3.67. The van der Waals surface area contributed by atoms with Gasteiger partial charge in [-0.3, -0.25) is 0 Å². The minimum Gasteiger partial charge on any atom is -0.399 e. The molecule has 0 amide bonds. The Kier molecular flexibility index (Phi) is 4.77. The standard InChI is InChI=1S/C15H16F2N2O2S/c1-10(11-2-7-14(16)15(17)8-11)9-19-22(20,21)13-5-3-12(18)4-6-13/h2-8,10,19H,9,18H2,1H3. The zero-order valence-electron chi connectivity index (χ0n) is 11.9. The van der Waals surface area contributed by atoms with Crippen molar-refractivity contribution in [2.45, 2.75) is 17.7 Å². The van der Waals surface area contributed by atoms with Gasteiger partial charge in [0.1, 0.15) is 0 Å². The van der Waals surface area contributed by atoms with Crippen molar-refractivity contribution in [2.75, 3.05) is 12.3 Å². The molecular formula is C15H16F2N2O2S. The van der Waals surface area contributed by atoms with Crippen molar-refractivity contribution in [1.82, 2.24) is 4.72 Å². The normalized spacial score (nSPS) is 13.0. The first-order valence-corrected chi connectivity index (χ1v) is 8.08. The summed E-state index contributed by atoms with van der Waals surface area (Å²) < 4.78 is 52.8. The van der Waals surface area contributed by atoms with Crippen LogP contribution in [-0.4, -0.2) is 15.0 Å². The van der Waals surface area contributed by atoms with Gasteiger partial charge in [-0.15, -0.1) is 0 Å². The maximum Gasteiger partial charge on any atom is 0.240 e. The van der Waals surface area contributed by atoms with E-state index in [2.05, 4.69) is 4.72 Å². The van der Waals surface area contributed by atoms with E-state index in [-0.39, 0.29) is 17.4 Å². The predicted molar refractivity (Wildman–Crippen MR) is 80.8 cm³/mol. The average Bonchev–Trinajstić information content (AvgIpc) is 2.48. The first-order valence-electron chi connectivity index (χ1n) is 6.60. The van der Waals surface area contributed by atoms with Gasteiger partial charge in [0, 0.05) is 12.2 Å². The van der Waals surface area contributed by atoms with Crippen LogP contribution in [0.25, 0.3) is 0 Å².